The number of carbonyl (C=O) groups is 3. The van der Waals surface area contributed by atoms with Crippen LogP contribution in [-0.2, 0) is 28.6 Å². The zero-order valence-corrected chi connectivity index (χ0v) is 37.6. The highest BCUT2D eigenvalue weighted by Gasteiger charge is 2.19. The molecule has 0 aromatic rings. The minimum Gasteiger partial charge on any atom is -0.462 e. The van der Waals surface area contributed by atoms with Crippen molar-refractivity contribution in [2.75, 3.05) is 13.2 Å². The van der Waals surface area contributed by atoms with Gasteiger partial charge in [0.15, 0.2) is 6.10 Å². The van der Waals surface area contributed by atoms with E-state index in [-0.39, 0.29) is 31.1 Å². The Hall–Kier alpha value is -2.63. The van der Waals surface area contributed by atoms with Crippen molar-refractivity contribution in [1.82, 2.24) is 0 Å². The first-order valence-electron chi connectivity index (χ1n) is 24.1. The fourth-order valence-corrected chi connectivity index (χ4v) is 6.59. The summed E-state index contributed by atoms with van der Waals surface area (Å²) < 4.78 is 16.7. The molecule has 0 fully saturated rings. The molecule has 0 saturated carbocycles. The zero-order valence-electron chi connectivity index (χ0n) is 37.6. The van der Waals surface area contributed by atoms with E-state index in [1.807, 2.05) is 0 Å². The van der Waals surface area contributed by atoms with Crippen LogP contribution in [0.15, 0.2) is 48.6 Å². The van der Waals surface area contributed by atoms with Gasteiger partial charge < -0.3 is 14.2 Å². The SMILES string of the molecule is CCCC/C=C\C/C=C\CCCCCCCC(=O)OCC(COC(=O)CCCCCCCCCCCCC)OC(=O)CCCCCCC/C=C\C/C=C\CCCC. The number of hydrogen-bond donors (Lipinski definition) is 0. The molecular formula is C51H90O6. The molecule has 1 unspecified atom stereocenters. The summed E-state index contributed by atoms with van der Waals surface area (Å²) in [6.45, 7) is 6.52. The molecule has 0 aromatic heterocycles. The molecule has 330 valence electrons. The molecule has 0 spiro atoms. The van der Waals surface area contributed by atoms with Gasteiger partial charge in [0.2, 0.25) is 0 Å². The summed E-state index contributed by atoms with van der Waals surface area (Å²) in [7, 11) is 0. The van der Waals surface area contributed by atoms with E-state index in [1.165, 1.54) is 96.3 Å². The van der Waals surface area contributed by atoms with Crippen LogP contribution in [0.5, 0.6) is 0 Å². The van der Waals surface area contributed by atoms with Crippen LogP contribution in [0, 0.1) is 0 Å². The highest BCUT2D eigenvalue weighted by atomic mass is 16.6. The third kappa shape index (κ3) is 44.3. The molecule has 0 amide bonds. The molecule has 0 bridgehead atoms. The van der Waals surface area contributed by atoms with Gasteiger partial charge in [-0.2, -0.15) is 0 Å². The normalized spacial score (nSPS) is 12.4. The van der Waals surface area contributed by atoms with E-state index in [0.29, 0.717) is 19.3 Å². The minimum absolute atomic E-state index is 0.0818. The van der Waals surface area contributed by atoms with Gasteiger partial charge in [-0.25, -0.2) is 0 Å². The molecular weight excluding hydrogens is 709 g/mol. The molecule has 6 nitrogen and oxygen atoms in total. The van der Waals surface area contributed by atoms with Crippen molar-refractivity contribution in [3.63, 3.8) is 0 Å². The average Bonchev–Trinajstić information content (AvgIpc) is 3.21. The lowest BCUT2D eigenvalue weighted by Gasteiger charge is -2.18. The summed E-state index contributed by atoms with van der Waals surface area (Å²) in [5.74, 6) is -0.909. The maximum absolute atomic E-state index is 12.7. The summed E-state index contributed by atoms with van der Waals surface area (Å²) in [6, 6.07) is 0. The van der Waals surface area contributed by atoms with E-state index in [0.717, 1.165) is 103 Å². The zero-order chi connectivity index (χ0) is 41.5. The number of rotatable bonds is 43. The van der Waals surface area contributed by atoms with Crippen molar-refractivity contribution in [1.29, 1.82) is 0 Å². The lowest BCUT2D eigenvalue weighted by molar-refractivity contribution is -0.167. The first-order valence-corrected chi connectivity index (χ1v) is 24.1. The highest BCUT2D eigenvalue weighted by molar-refractivity contribution is 5.71. The first-order chi connectivity index (χ1) is 28.0. The number of ether oxygens (including phenoxy) is 3. The van der Waals surface area contributed by atoms with Crippen molar-refractivity contribution in [2.24, 2.45) is 0 Å². The Kier molecular flexibility index (Phi) is 43.9. The van der Waals surface area contributed by atoms with E-state index >= 15 is 0 Å². The third-order valence-electron chi connectivity index (χ3n) is 10.3. The van der Waals surface area contributed by atoms with E-state index in [4.69, 9.17) is 14.2 Å². The fraction of sp³-hybridized carbons (Fsp3) is 0.784. The lowest BCUT2D eigenvalue weighted by atomic mass is 10.1. The van der Waals surface area contributed by atoms with Crippen LogP contribution >= 0.6 is 0 Å². The summed E-state index contributed by atoms with van der Waals surface area (Å²) >= 11 is 0. The summed E-state index contributed by atoms with van der Waals surface area (Å²) in [6.07, 6.45) is 53.7. The molecule has 6 heteroatoms. The van der Waals surface area contributed by atoms with Gasteiger partial charge in [-0.05, 0) is 70.6 Å². The lowest BCUT2D eigenvalue weighted by Crippen LogP contribution is -2.30. The Bertz CT molecular complexity index is 1010. The molecule has 0 rings (SSSR count). The highest BCUT2D eigenvalue weighted by Crippen LogP contribution is 2.14. The molecule has 1 atom stereocenters. The van der Waals surface area contributed by atoms with Crippen molar-refractivity contribution >= 4 is 17.9 Å². The topological polar surface area (TPSA) is 78.9 Å². The molecule has 0 saturated heterocycles. The van der Waals surface area contributed by atoms with Gasteiger partial charge in [0, 0.05) is 19.3 Å². The van der Waals surface area contributed by atoms with Gasteiger partial charge in [-0.1, -0.05) is 198 Å². The standard InChI is InChI=1S/C51H90O6/c1-4-7-10-13-16-19-22-24-26-29-32-35-38-41-44-50(53)56-47-48(46-55-49(52)43-40-37-34-31-28-21-18-15-12-9-6-3)57-51(54)45-42-39-36-33-30-27-25-23-20-17-14-11-8-5-2/h13-14,16-17,22-25,48H,4-12,15,18-21,26-47H2,1-3H3/b16-13-,17-14-,24-22-,25-23-. The molecule has 0 aliphatic carbocycles. The molecule has 0 aliphatic rings. The third-order valence-corrected chi connectivity index (χ3v) is 10.3. The van der Waals surface area contributed by atoms with Gasteiger partial charge >= 0.3 is 17.9 Å². The first kappa shape index (κ1) is 54.4. The predicted octanol–water partition coefficient (Wildman–Crippen LogP) is 15.5. The van der Waals surface area contributed by atoms with Gasteiger partial charge in [-0.3, -0.25) is 14.4 Å². The van der Waals surface area contributed by atoms with Crippen molar-refractivity contribution in [2.45, 2.75) is 245 Å². The average molecular weight is 799 g/mol. The van der Waals surface area contributed by atoms with Gasteiger partial charge in [-0.15, -0.1) is 0 Å². The fourth-order valence-electron chi connectivity index (χ4n) is 6.59. The van der Waals surface area contributed by atoms with Gasteiger partial charge in [0.1, 0.15) is 13.2 Å². The minimum atomic E-state index is -0.782. The van der Waals surface area contributed by atoms with Crippen LogP contribution in [-0.4, -0.2) is 37.2 Å². The Morgan fingerprint density at radius 3 is 1.02 bits per heavy atom. The predicted molar refractivity (Wildman–Crippen MR) is 242 cm³/mol. The summed E-state index contributed by atoms with van der Waals surface area (Å²) in [4.78, 5) is 37.8. The number of esters is 3. The molecule has 0 radical (unpaired) electrons. The Labute approximate surface area is 352 Å². The number of unbranched alkanes of at least 4 members (excludes halogenated alkanes) is 24. The Morgan fingerprint density at radius 1 is 0.351 bits per heavy atom. The van der Waals surface area contributed by atoms with Crippen molar-refractivity contribution in [3.05, 3.63) is 48.6 Å². The molecule has 0 heterocycles. The smallest absolute Gasteiger partial charge is 0.306 e. The Morgan fingerprint density at radius 2 is 0.649 bits per heavy atom. The van der Waals surface area contributed by atoms with Crippen LogP contribution in [0.4, 0.5) is 0 Å². The van der Waals surface area contributed by atoms with Crippen LogP contribution in [0.25, 0.3) is 0 Å². The van der Waals surface area contributed by atoms with Gasteiger partial charge in [0.25, 0.3) is 0 Å². The summed E-state index contributed by atoms with van der Waals surface area (Å²) in [5, 5.41) is 0. The number of hydrogen-bond acceptors (Lipinski definition) is 6. The van der Waals surface area contributed by atoms with E-state index in [9.17, 15) is 14.4 Å². The van der Waals surface area contributed by atoms with Crippen LogP contribution in [0.1, 0.15) is 239 Å². The second-order valence-electron chi connectivity index (χ2n) is 16.0. The number of carbonyl (C=O) groups excluding carboxylic acids is 3. The van der Waals surface area contributed by atoms with Gasteiger partial charge in [0.05, 0.1) is 0 Å². The summed E-state index contributed by atoms with van der Waals surface area (Å²) in [5.41, 5.74) is 0. The molecule has 0 aromatic carbocycles. The van der Waals surface area contributed by atoms with E-state index in [2.05, 4.69) is 69.4 Å². The largest absolute Gasteiger partial charge is 0.462 e. The Balaban J connectivity index is 4.41. The molecule has 0 N–H and O–H groups in total. The van der Waals surface area contributed by atoms with Crippen LogP contribution < -0.4 is 0 Å². The maximum atomic E-state index is 12.7. The quantitative estimate of drug-likeness (QED) is 0.0265. The monoisotopic (exact) mass is 799 g/mol. The molecule has 0 aliphatic heterocycles. The second-order valence-corrected chi connectivity index (χ2v) is 16.0. The number of allylic oxidation sites excluding steroid dienone is 8. The van der Waals surface area contributed by atoms with Crippen LogP contribution in [0.3, 0.4) is 0 Å². The molecule has 57 heavy (non-hydrogen) atoms. The van der Waals surface area contributed by atoms with E-state index in [1.54, 1.807) is 0 Å². The van der Waals surface area contributed by atoms with Crippen LogP contribution in [0.2, 0.25) is 0 Å². The van der Waals surface area contributed by atoms with Crippen molar-refractivity contribution < 1.29 is 28.6 Å². The van der Waals surface area contributed by atoms with E-state index < -0.39 is 6.10 Å². The maximum Gasteiger partial charge on any atom is 0.306 e. The second kappa shape index (κ2) is 46.1. The van der Waals surface area contributed by atoms with Crippen molar-refractivity contribution in [3.8, 4) is 0 Å².